The number of aliphatic hydroxyl groups is 1. The van der Waals surface area contributed by atoms with Crippen LogP contribution >= 0.6 is 15.9 Å². The average Bonchev–Trinajstić information content (AvgIpc) is 2.89. The van der Waals surface area contributed by atoms with Crippen LogP contribution < -0.4 is 9.47 Å². The standard InChI is InChI=1S/C22H30BrNO3/c1-3-4-5-6-10-24-11-9-22-8-7-15(25)12-19(22)27-21-18(26-2)13-17(23)16(14-24)20(21)22/h7-8,13,15,19,25H,3-6,9-12,14H2,1-2H3/t15-,19-,22-/m1/s1. The fraction of sp³-hybridized carbons (Fsp3) is 0.636. The molecule has 1 aromatic rings. The van der Waals surface area contributed by atoms with Crippen LogP contribution in [-0.2, 0) is 12.0 Å². The normalized spacial score (nSPS) is 29.0. The molecule has 3 atom stereocenters. The number of benzene rings is 1. The van der Waals surface area contributed by atoms with Gasteiger partial charge < -0.3 is 14.6 Å². The molecule has 2 heterocycles. The molecule has 0 saturated heterocycles. The van der Waals surface area contributed by atoms with Gasteiger partial charge in [-0.25, -0.2) is 0 Å². The predicted molar refractivity (Wildman–Crippen MR) is 111 cm³/mol. The number of rotatable bonds is 6. The Labute approximate surface area is 170 Å². The van der Waals surface area contributed by atoms with Crippen molar-refractivity contribution in [2.75, 3.05) is 20.2 Å². The first-order valence-corrected chi connectivity index (χ1v) is 11.0. The second kappa shape index (κ2) is 7.76. The van der Waals surface area contributed by atoms with Crippen LogP contribution in [0.25, 0.3) is 0 Å². The SMILES string of the molecule is CCCCCCN1CC[C@]23C=C[C@@H](O)C[C@H]2Oc2c(OC)cc(Br)c(c23)C1. The molecule has 1 N–H and O–H groups in total. The van der Waals surface area contributed by atoms with Crippen LogP contribution in [0.15, 0.2) is 22.7 Å². The molecular formula is C22H30BrNO3. The van der Waals surface area contributed by atoms with Gasteiger partial charge in [-0.2, -0.15) is 0 Å². The number of hydrogen-bond acceptors (Lipinski definition) is 4. The molecule has 1 spiro atoms. The van der Waals surface area contributed by atoms with E-state index in [1.165, 1.54) is 36.8 Å². The van der Waals surface area contributed by atoms with Crippen molar-refractivity contribution in [3.05, 3.63) is 33.8 Å². The number of methoxy groups -OCH3 is 1. The first-order chi connectivity index (χ1) is 13.1. The molecule has 0 bridgehead atoms. The van der Waals surface area contributed by atoms with Crippen LogP contribution in [0.4, 0.5) is 0 Å². The van der Waals surface area contributed by atoms with Crippen molar-refractivity contribution >= 4 is 15.9 Å². The van der Waals surface area contributed by atoms with Gasteiger partial charge in [0.25, 0.3) is 0 Å². The summed E-state index contributed by atoms with van der Waals surface area (Å²) in [5, 5.41) is 10.2. The van der Waals surface area contributed by atoms with Crippen LogP contribution in [0.3, 0.4) is 0 Å². The number of halogens is 1. The van der Waals surface area contributed by atoms with Crippen molar-refractivity contribution in [3.8, 4) is 11.5 Å². The third-order valence-corrected chi connectivity index (χ3v) is 7.15. The first kappa shape index (κ1) is 19.3. The van der Waals surface area contributed by atoms with Crippen molar-refractivity contribution in [2.45, 2.75) is 69.6 Å². The fourth-order valence-corrected chi connectivity index (χ4v) is 5.50. The van der Waals surface area contributed by atoms with Crippen LogP contribution in [0, 0.1) is 0 Å². The zero-order valence-corrected chi connectivity index (χ0v) is 17.9. The monoisotopic (exact) mass is 435 g/mol. The number of aliphatic hydroxyl groups excluding tert-OH is 1. The van der Waals surface area contributed by atoms with Gasteiger partial charge in [-0.05, 0) is 37.6 Å². The highest BCUT2D eigenvalue weighted by molar-refractivity contribution is 9.10. The molecular weight excluding hydrogens is 406 g/mol. The van der Waals surface area contributed by atoms with Crippen molar-refractivity contribution in [3.63, 3.8) is 0 Å². The van der Waals surface area contributed by atoms with E-state index < -0.39 is 6.10 Å². The minimum absolute atomic E-state index is 0.0190. The van der Waals surface area contributed by atoms with E-state index in [0.29, 0.717) is 6.42 Å². The van der Waals surface area contributed by atoms with E-state index in [0.717, 1.165) is 42.0 Å². The van der Waals surface area contributed by atoms with Gasteiger partial charge in [0.2, 0.25) is 0 Å². The van der Waals surface area contributed by atoms with Crippen LogP contribution in [0.5, 0.6) is 11.5 Å². The Morgan fingerprint density at radius 2 is 2.22 bits per heavy atom. The van der Waals surface area contributed by atoms with Gasteiger partial charge in [-0.1, -0.05) is 54.3 Å². The van der Waals surface area contributed by atoms with Crippen molar-refractivity contribution in [1.29, 1.82) is 0 Å². The molecule has 4 rings (SSSR count). The van der Waals surface area contributed by atoms with Gasteiger partial charge in [-0.3, -0.25) is 4.90 Å². The molecule has 4 nitrogen and oxygen atoms in total. The molecule has 3 aliphatic rings. The lowest BCUT2D eigenvalue weighted by Gasteiger charge is -2.36. The van der Waals surface area contributed by atoms with Crippen LogP contribution in [-0.4, -0.2) is 42.4 Å². The van der Waals surface area contributed by atoms with Gasteiger partial charge in [-0.15, -0.1) is 0 Å². The second-order valence-electron chi connectivity index (χ2n) is 8.14. The summed E-state index contributed by atoms with van der Waals surface area (Å²) in [6.07, 6.45) is 10.5. The van der Waals surface area contributed by atoms with E-state index in [2.05, 4.69) is 33.8 Å². The third kappa shape index (κ3) is 3.32. The molecule has 0 radical (unpaired) electrons. The molecule has 0 unspecified atom stereocenters. The Bertz CT molecular complexity index is 735. The zero-order valence-electron chi connectivity index (χ0n) is 16.3. The lowest BCUT2D eigenvalue weighted by atomic mass is 9.69. The Morgan fingerprint density at radius 3 is 3.00 bits per heavy atom. The molecule has 1 aromatic carbocycles. The highest BCUT2D eigenvalue weighted by Crippen LogP contribution is 2.57. The Hall–Kier alpha value is -1.04. The summed E-state index contributed by atoms with van der Waals surface area (Å²) < 4.78 is 13.1. The second-order valence-corrected chi connectivity index (χ2v) is 8.99. The van der Waals surface area contributed by atoms with E-state index in [1.807, 2.05) is 12.1 Å². The number of nitrogens with zero attached hydrogens (tertiary/aromatic N) is 1. The molecule has 2 aliphatic heterocycles. The number of hydrogen-bond donors (Lipinski definition) is 1. The topological polar surface area (TPSA) is 41.9 Å². The van der Waals surface area contributed by atoms with E-state index in [9.17, 15) is 5.11 Å². The summed E-state index contributed by atoms with van der Waals surface area (Å²) in [5.41, 5.74) is 2.44. The lowest BCUT2D eigenvalue weighted by molar-refractivity contribution is 0.0809. The smallest absolute Gasteiger partial charge is 0.166 e. The summed E-state index contributed by atoms with van der Waals surface area (Å²) in [7, 11) is 1.70. The zero-order chi connectivity index (χ0) is 19.0. The quantitative estimate of drug-likeness (QED) is 0.524. The minimum atomic E-state index is -0.429. The summed E-state index contributed by atoms with van der Waals surface area (Å²) in [6, 6.07) is 2.04. The molecule has 0 aromatic heterocycles. The highest BCUT2D eigenvalue weighted by Gasteiger charge is 2.53. The van der Waals surface area contributed by atoms with Crippen molar-refractivity contribution in [2.24, 2.45) is 0 Å². The molecule has 5 heteroatoms. The van der Waals surface area contributed by atoms with E-state index in [4.69, 9.17) is 9.47 Å². The molecule has 0 amide bonds. The maximum Gasteiger partial charge on any atom is 0.166 e. The van der Waals surface area contributed by atoms with Crippen LogP contribution in [0.1, 0.15) is 56.6 Å². The van der Waals surface area contributed by atoms with Crippen molar-refractivity contribution < 1.29 is 14.6 Å². The Balaban J connectivity index is 1.72. The molecule has 1 aliphatic carbocycles. The van der Waals surface area contributed by atoms with E-state index >= 15 is 0 Å². The maximum absolute atomic E-state index is 10.2. The van der Waals surface area contributed by atoms with E-state index in [-0.39, 0.29) is 11.5 Å². The molecule has 148 valence electrons. The number of ether oxygens (including phenoxy) is 2. The van der Waals surface area contributed by atoms with Gasteiger partial charge in [0, 0.05) is 23.0 Å². The predicted octanol–water partition coefficient (Wildman–Crippen LogP) is 4.56. The van der Waals surface area contributed by atoms with Gasteiger partial charge in [0.1, 0.15) is 6.10 Å². The van der Waals surface area contributed by atoms with Gasteiger partial charge >= 0.3 is 0 Å². The van der Waals surface area contributed by atoms with Gasteiger partial charge in [0.15, 0.2) is 11.5 Å². The molecule has 0 saturated carbocycles. The highest BCUT2D eigenvalue weighted by atomic mass is 79.9. The van der Waals surface area contributed by atoms with Crippen molar-refractivity contribution in [1.82, 2.24) is 4.90 Å². The average molecular weight is 436 g/mol. The fourth-order valence-electron chi connectivity index (χ4n) is 4.97. The first-order valence-electron chi connectivity index (χ1n) is 10.3. The lowest BCUT2D eigenvalue weighted by Crippen LogP contribution is -2.43. The maximum atomic E-state index is 10.2. The summed E-state index contributed by atoms with van der Waals surface area (Å²) in [5.74, 6) is 1.67. The van der Waals surface area contributed by atoms with E-state index in [1.54, 1.807) is 7.11 Å². The Morgan fingerprint density at radius 1 is 1.37 bits per heavy atom. The molecule has 27 heavy (non-hydrogen) atoms. The number of unbranched alkanes of at least 4 members (excludes halogenated alkanes) is 3. The third-order valence-electron chi connectivity index (χ3n) is 6.44. The Kier molecular flexibility index (Phi) is 5.55. The summed E-state index contributed by atoms with van der Waals surface area (Å²) >= 11 is 3.81. The summed E-state index contributed by atoms with van der Waals surface area (Å²) in [6.45, 7) is 5.39. The largest absolute Gasteiger partial charge is 0.493 e. The van der Waals surface area contributed by atoms with Gasteiger partial charge in [0.05, 0.1) is 18.6 Å². The molecule has 0 fully saturated rings. The minimum Gasteiger partial charge on any atom is -0.493 e. The summed E-state index contributed by atoms with van der Waals surface area (Å²) in [4.78, 5) is 2.59. The van der Waals surface area contributed by atoms with Crippen LogP contribution in [0.2, 0.25) is 0 Å².